The molecule has 9 heteroatoms. The number of carbonyl (C=O) groups is 1. The van der Waals surface area contributed by atoms with Crippen molar-refractivity contribution in [3.8, 4) is 0 Å². The highest BCUT2D eigenvalue weighted by molar-refractivity contribution is 7.98. The number of benzene rings is 1. The zero-order chi connectivity index (χ0) is 20.4. The normalized spacial score (nSPS) is 12.3. The molecule has 29 heavy (non-hydrogen) atoms. The maximum Gasteiger partial charge on any atom is 0.257 e. The molecule has 0 fully saturated rings. The van der Waals surface area contributed by atoms with Gasteiger partial charge in [-0.15, -0.1) is 10.2 Å². The molecular formula is C20H18FN5O2S. The molecule has 0 spiro atoms. The third-order valence-corrected chi connectivity index (χ3v) is 5.30. The van der Waals surface area contributed by atoms with Crippen LogP contribution in [0.15, 0.2) is 53.6 Å². The highest BCUT2D eigenvalue weighted by atomic mass is 32.2. The molecule has 1 atom stereocenters. The summed E-state index contributed by atoms with van der Waals surface area (Å²) in [5.74, 6) is 0.294. The van der Waals surface area contributed by atoms with Gasteiger partial charge in [0.05, 0.1) is 6.04 Å². The largest absolute Gasteiger partial charge is 0.360 e. The van der Waals surface area contributed by atoms with Crippen LogP contribution in [-0.4, -0.2) is 37.5 Å². The Bertz CT molecular complexity index is 1250. The van der Waals surface area contributed by atoms with E-state index in [1.54, 1.807) is 11.8 Å². The zero-order valence-corrected chi connectivity index (χ0v) is 16.4. The lowest BCUT2D eigenvalue weighted by molar-refractivity contribution is 0.0932. The Labute approximate surface area is 169 Å². The minimum atomic E-state index is -0.545. The predicted molar refractivity (Wildman–Crippen MR) is 111 cm³/mol. The standard InChI is InChI=1S/C20H18FN5O2S/c1-29-9-7-16(19-25-24-17-4-2-3-8-26(17)19)23-20(28)14-11-22-15-6-5-12(21)10-13(15)18(14)27/h2-6,8,10-11,16H,7,9H2,1H3,(H,22,27)(H,23,28). The first kappa shape index (κ1) is 19.1. The van der Waals surface area contributed by atoms with Gasteiger partial charge in [-0.05, 0) is 48.8 Å². The quantitative estimate of drug-likeness (QED) is 0.509. The lowest BCUT2D eigenvalue weighted by atomic mass is 10.1. The van der Waals surface area contributed by atoms with Crippen LogP contribution < -0.4 is 10.7 Å². The summed E-state index contributed by atoms with van der Waals surface area (Å²) in [5, 5.41) is 11.4. The van der Waals surface area contributed by atoms with Gasteiger partial charge in [-0.1, -0.05) is 6.07 Å². The van der Waals surface area contributed by atoms with Crippen LogP contribution in [0.4, 0.5) is 4.39 Å². The number of aromatic nitrogens is 4. The number of fused-ring (bicyclic) bond motifs is 2. The molecule has 0 aliphatic rings. The maximum atomic E-state index is 13.6. The number of halogens is 1. The predicted octanol–water partition coefficient (Wildman–Crippen LogP) is 2.93. The minimum Gasteiger partial charge on any atom is -0.360 e. The molecule has 1 amide bonds. The fourth-order valence-electron chi connectivity index (χ4n) is 3.19. The molecule has 0 aliphatic heterocycles. The summed E-state index contributed by atoms with van der Waals surface area (Å²) in [7, 11) is 0. The number of thioether (sulfide) groups is 1. The number of H-pyrrole nitrogens is 1. The average Bonchev–Trinajstić information content (AvgIpc) is 3.16. The Hall–Kier alpha value is -3.20. The topological polar surface area (TPSA) is 92.1 Å². The number of amides is 1. The van der Waals surface area contributed by atoms with Crippen molar-refractivity contribution >= 4 is 34.2 Å². The van der Waals surface area contributed by atoms with Crippen molar-refractivity contribution < 1.29 is 9.18 Å². The van der Waals surface area contributed by atoms with Crippen molar-refractivity contribution in [3.05, 3.63) is 76.2 Å². The van der Waals surface area contributed by atoms with Crippen LogP contribution in [0.1, 0.15) is 28.6 Å². The first-order chi connectivity index (χ1) is 14.1. The number of aromatic amines is 1. The molecule has 3 aromatic heterocycles. The van der Waals surface area contributed by atoms with Gasteiger partial charge in [0.15, 0.2) is 11.5 Å². The van der Waals surface area contributed by atoms with Crippen LogP contribution in [0.5, 0.6) is 0 Å². The van der Waals surface area contributed by atoms with Gasteiger partial charge in [0, 0.05) is 23.3 Å². The van der Waals surface area contributed by atoms with Gasteiger partial charge < -0.3 is 10.3 Å². The molecule has 0 bridgehead atoms. The maximum absolute atomic E-state index is 13.6. The Morgan fingerprint density at radius 2 is 2.17 bits per heavy atom. The van der Waals surface area contributed by atoms with Crippen molar-refractivity contribution in [1.29, 1.82) is 0 Å². The van der Waals surface area contributed by atoms with Crippen LogP contribution in [-0.2, 0) is 0 Å². The van der Waals surface area contributed by atoms with Crippen molar-refractivity contribution in [3.63, 3.8) is 0 Å². The highest BCUT2D eigenvalue weighted by Crippen LogP contribution is 2.19. The molecule has 148 valence electrons. The smallest absolute Gasteiger partial charge is 0.257 e. The van der Waals surface area contributed by atoms with Crippen molar-refractivity contribution in [2.45, 2.75) is 12.5 Å². The molecule has 0 saturated carbocycles. The molecule has 0 aliphatic carbocycles. The van der Waals surface area contributed by atoms with E-state index in [0.29, 0.717) is 23.4 Å². The lowest BCUT2D eigenvalue weighted by Crippen LogP contribution is -2.33. The van der Waals surface area contributed by atoms with Gasteiger partial charge in [0.1, 0.15) is 11.4 Å². The van der Waals surface area contributed by atoms with E-state index < -0.39 is 23.2 Å². The number of nitrogens with zero attached hydrogens (tertiary/aromatic N) is 3. The molecule has 7 nitrogen and oxygen atoms in total. The van der Waals surface area contributed by atoms with Crippen molar-refractivity contribution in [2.75, 3.05) is 12.0 Å². The summed E-state index contributed by atoms with van der Waals surface area (Å²) in [6.07, 6.45) is 5.77. The molecule has 1 unspecified atom stereocenters. The molecule has 0 saturated heterocycles. The molecule has 1 aromatic carbocycles. The summed E-state index contributed by atoms with van der Waals surface area (Å²) < 4.78 is 15.4. The SMILES string of the molecule is CSCCC(NC(=O)c1c[nH]c2ccc(F)cc2c1=O)c1nnc2ccccn12. The molecule has 3 heterocycles. The second-order valence-electron chi connectivity index (χ2n) is 6.52. The van der Waals surface area contributed by atoms with Crippen LogP contribution in [0.25, 0.3) is 16.6 Å². The van der Waals surface area contributed by atoms with Gasteiger partial charge in [-0.3, -0.25) is 14.0 Å². The lowest BCUT2D eigenvalue weighted by Gasteiger charge is -2.17. The zero-order valence-electron chi connectivity index (χ0n) is 15.6. The summed E-state index contributed by atoms with van der Waals surface area (Å²) in [6.45, 7) is 0. The van der Waals surface area contributed by atoms with Crippen molar-refractivity contribution in [1.82, 2.24) is 24.9 Å². The number of hydrogen-bond donors (Lipinski definition) is 2. The summed E-state index contributed by atoms with van der Waals surface area (Å²) in [6, 6.07) is 8.96. The van der Waals surface area contributed by atoms with Crippen molar-refractivity contribution in [2.24, 2.45) is 0 Å². The van der Waals surface area contributed by atoms with Gasteiger partial charge in [0.25, 0.3) is 5.91 Å². The minimum absolute atomic E-state index is 0.0777. The van der Waals surface area contributed by atoms with Gasteiger partial charge in [0.2, 0.25) is 5.43 Å². The summed E-state index contributed by atoms with van der Waals surface area (Å²) in [5.41, 5.74) is 0.539. The van der Waals surface area contributed by atoms with Crippen LogP contribution in [0.2, 0.25) is 0 Å². The number of nitrogens with one attached hydrogen (secondary N) is 2. The summed E-state index contributed by atoms with van der Waals surface area (Å²) >= 11 is 1.64. The van der Waals surface area contributed by atoms with E-state index in [9.17, 15) is 14.0 Å². The molecule has 0 radical (unpaired) electrons. The average molecular weight is 411 g/mol. The molecule has 2 N–H and O–H groups in total. The third kappa shape index (κ3) is 3.73. The number of carbonyl (C=O) groups excluding carboxylic acids is 1. The second-order valence-corrected chi connectivity index (χ2v) is 7.50. The first-order valence-electron chi connectivity index (χ1n) is 8.99. The Balaban J connectivity index is 1.69. The van der Waals surface area contributed by atoms with Crippen LogP contribution in [0.3, 0.4) is 0 Å². The number of hydrogen-bond acceptors (Lipinski definition) is 5. The Morgan fingerprint density at radius 3 is 3.00 bits per heavy atom. The Morgan fingerprint density at radius 1 is 1.31 bits per heavy atom. The van der Waals surface area contributed by atoms with E-state index >= 15 is 0 Å². The van der Waals surface area contributed by atoms with Crippen LogP contribution in [0, 0.1) is 5.82 Å². The fourth-order valence-corrected chi connectivity index (χ4v) is 3.67. The highest BCUT2D eigenvalue weighted by Gasteiger charge is 2.22. The fraction of sp³-hybridized carbons (Fsp3) is 0.200. The van der Waals surface area contributed by atoms with E-state index in [1.165, 1.54) is 18.3 Å². The van der Waals surface area contributed by atoms with Gasteiger partial charge in [-0.2, -0.15) is 11.8 Å². The second kappa shape index (κ2) is 8.04. The third-order valence-electron chi connectivity index (χ3n) is 4.66. The van der Waals surface area contributed by atoms with E-state index in [1.807, 2.05) is 35.1 Å². The first-order valence-corrected chi connectivity index (χ1v) is 10.4. The van der Waals surface area contributed by atoms with E-state index in [2.05, 4.69) is 20.5 Å². The summed E-state index contributed by atoms with van der Waals surface area (Å²) in [4.78, 5) is 28.5. The van der Waals surface area contributed by atoms with E-state index in [4.69, 9.17) is 0 Å². The van der Waals surface area contributed by atoms with Crippen LogP contribution >= 0.6 is 11.8 Å². The van der Waals surface area contributed by atoms with E-state index in [-0.39, 0.29) is 10.9 Å². The number of pyridine rings is 2. The van der Waals surface area contributed by atoms with Gasteiger partial charge in [-0.25, -0.2) is 4.39 Å². The van der Waals surface area contributed by atoms with Gasteiger partial charge >= 0.3 is 0 Å². The molecule has 4 rings (SSSR count). The Kier molecular flexibility index (Phi) is 5.30. The van der Waals surface area contributed by atoms with E-state index in [0.717, 1.165) is 11.8 Å². The molecule has 4 aromatic rings. The molecular weight excluding hydrogens is 393 g/mol. The number of rotatable bonds is 6. The monoisotopic (exact) mass is 411 g/mol.